The molecule has 1 fully saturated rings. The third-order valence-corrected chi connectivity index (χ3v) is 4.17. The van der Waals surface area contributed by atoms with Gasteiger partial charge in [-0.15, -0.1) is 0 Å². The van der Waals surface area contributed by atoms with E-state index in [2.05, 4.69) is 10.6 Å². The summed E-state index contributed by atoms with van der Waals surface area (Å²) in [7, 11) is 0. The van der Waals surface area contributed by atoms with Crippen LogP contribution in [-0.4, -0.2) is 35.8 Å². The number of fused-ring (bicyclic) bond motifs is 1. The van der Waals surface area contributed by atoms with Crippen molar-refractivity contribution in [3.05, 3.63) is 23.8 Å². The van der Waals surface area contributed by atoms with Gasteiger partial charge in [0.15, 0.2) is 0 Å². The van der Waals surface area contributed by atoms with Crippen molar-refractivity contribution in [1.82, 2.24) is 4.90 Å². The van der Waals surface area contributed by atoms with Gasteiger partial charge in [-0.05, 0) is 49.9 Å². The average molecular weight is 287 g/mol. The van der Waals surface area contributed by atoms with E-state index in [9.17, 15) is 9.59 Å². The van der Waals surface area contributed by atoms with Gasteiger partial charge in [0.05, 0.1) is 0 Å². The van der Waals surface area contributed by atoms with Gasteiger partial charge in [-0.2, -0.15) is 0 Å². The molecule has 2 heterocycles. The minimum atomic E-state index is -0.223. The summed E-state index contributed by atoms with van der Waals surface area (Å²) >= 11 is 0. The molecule has 112 valence electrons. The average Bonchev–Trinajstić information content (AvgIpc) is 3.00. The van der Waals surface area contributed by atoms with Crippen LogP contribution in [-0.2, 0) is 16.0 Å². The lowest BCUT2D eigenvalue weighted by Gasteiger charge is -2.23. The number of rotatable bonds is 3. The molecule has 2 N–H and O–H groups in total. The van der Waals surface area contributed by atoms with Crippen LogP contribution in [0.15, 0.2) is 18.2 Å². The number of carbonyl (C=O) groups excluding carboxylic acids is 2. The Morgan fingerprint density at radius 1 is 1.29 bits per heavy atom. The van der Waals surface area contributed by atoms with Gasteiger partial charge in [0.1, 0.15) is 6.04 Å². The van der Waals surface area contributed by atoms with E-state index < -0.39 is 0 Å². The van der Waals surface area contributed by atoms with E-state index in [1.165, 1.54) is 0 Å². The molecular weight excluding hydrogens is 266 g/mol. The Hall–Kier alpha value is -2.04. The molecule has 1 atom stereocenters. The quantitative estimate of drug-likeness (QED) is 0.894. The van der Waals surface area contributed by atoms with E-state index in [4.69, 9.17) is 0 Å². The molecule has 3 rings (SSSR count). The SMILES string of the molecule is C[C@H](Nc1ccc2c(c1)CCC(=O)N2)C(=O)N1CCCC1. The molecule has 2 aliphatic heterocycles. The highest BCUT2D eigenvalue weighted by atomic mass is 16.2. The fourth-order valence-electron chi connectivity index (χ4n) is 3.00. The molecule has 5 nitrogen and oxygen atoms in total. The zero-order chi connectivity index (χ0) is 14.8. The summed E-state index contributed by atoms with van der Waals surface area (Å²) in [5, 5.41) is 6.14. The monoisotopic (exact) mass is 287 g/mol. The summed E-state index contributed by atoms with van der Waals surface area (Å²) < 4.78 is 0. The molecule has 0 aliphatic carbocycles. The smallest absolute Gasteiger partial charge is 0.244 e. The second kappa shape index (κ2) is 5.76. The van der Waals surface area contributed by atoms with E-state index in [-0.39, 0.29) is 17.9 Å². The molecule has 1 saturated heterocycles. The van der Waals surface area contributed by atoms with Crippen molar-refractivity contribution in [2.45, 2.75) is 38.6 Å². The Balaban J connectivity index is 1.67. The van der Waals surface area contributed by atoms with Crippen molar-refractivity contribution in [2.75, 3.05) is 23.7 Å². The summed E-state index contributed by atoms with van der Waals surface area (Å²) in [6.07, 6.45) is 3.50. The normalized spacial score (nSPS) is 18.9. The van der Waals surface area contributed by atoms with Crippen LogP contribution >= 0.6 is 0 Å². The first-order valence-electron chi connectivity index (χ1n) is 7.61. The third kappa shape index (κ3) is 3.01. The topological polar surface area (TPSA) is 61.4 Å². The lowest BCUT2D eigenvalue weighted by molar-refractivity contribution is -0.130. The van der Waals surface area contributed by atoms with Crippen LogP contribution in [0.2, 0.25) is 0 Å². The van der Waals surface area contributed by atoms with Gasteiger partial charge in [0, 0.05) is 30.9 Å². The standard InChI is InChI=1S/C16H21N3O2/c1-11(16(21)19-8-2-3-9-19)17-13-5-6-14-12(10-13)4-7-15(20)18-14/h5-6,10-11,17H,2-4,7-9H2,1H3,(H,18,20)/t11-/m0/s1. The van der Waals surface area contributed by atoms with Gasteiger partial charge in [0.25, 0.3) is 0 Å². The zero-order valence-corrected chi connectivity index (χ0v) is 12.3. The molecular formula is C16H21N3O2. The van der Waals surface area contributed by atoms with E-state index >= 15 is 0 Å². The van der Waals surface area contributed by atoms with Crippen molar-refractivity contribution in [2.24, 2.45) is 0 Å². The molecule has 1 aromatic carbocycles. The number of hydrogen-bond acceptors (Lipinski definition) is 3. The van der Waals surface area contributed by atoms with Crippen molar-refractivity contribution >= 4 is 23.2 Å². The number of benzene rings is 1. The summed E-state index contributed by atoms with van der Waals surface area (Å²) in [5.41, 5.74) is 2.95. The highest BCUT2D eigenvalue weighted by Gasteiger charge is 2.23. The molecule has 2 aliphatic rings. The molecule has 0 radical (unpaired) electrons. The highest BCUT2D eigenvalue weighted by Crippen LogP contribution is 2.26. The molecule has 21 heavy (non-hydrogen) atoms. The van der Waals surface area contributed by atoms with E-state index in [1.807, 2.05) is 30.0 Å². The number of likely N-dealkylation sites (tertiary alicyclic amines) is 1. The molecule has 0 spiro atoms. The Kier molecular flexibility index (Phi) is 3.82. The van der Waals surface area contributed by atoms with Crippen LogP contribution in [0.4, 0.5) is 11.4 Å². The van der Waals surface area contributed by atoms with Gasteiger partial charge in [-0.1, -0.05) is 0 Å². The highest BCUT2D eigenvalue weighted by molar-refractivity contribution is 5.94. The minimum absolute atomic E-state index is 0.0702. The van der Waals surface area contributed by atoms with E-state index in [0.29, 0.717) is 6.42 Å². The predicted octanol–water partition coefficient (Wildman–Crippen LogP) is 1.99. The minimum Gasteiger partial charge on any atom is -0.374 e. The van der Waals surface area contributed by atoms with E-state index in [1.54, 1.807) is 0 Å². The first-order valence-corrected chi connectivity index (χ1v) is 7.61. The molecule has 0 aromatic heterocycles. The number of nitrogens with one attached hydrogen (secondary N) is 2. The molecule has 0 unspecified atom stereocenters. The number of nitrogens with zero attached hydrogens (tertiary/aromatic N) is 1. The lowest BCUT2D eigenvalue weighted by Crippen LogP contribution is -2.39. The predicted molar refractivity (Wildman–Crippen MR) is 82.3 cm³/mol. The van der Waals surface area contributed by atoms with Crippen molar-refractivity contribution in [1.29, 1.82) is 0 Å². The first-order chi connectivity index (χ1) is 10.1. The summed E-state index contributed by atoms with van der Waals surface area (Å²) in [4.78, 5) is 25.6. The third-order valence-electron chi connectivity index (χ3n) is 4.17. The van der Waals surface area contributed by atoms with Crippen molar-refractivity contribution in [3.8, 4) is 0 Å². The van der Waals surface area contributed by atoms with Gasteiger partial charge in [0.2, 0.25) is 11.8 Å². The number of amides is 2. The maximum Gasteiger partial charge on any atom is 0.244 e. The fraction of sp³-hybridized carbons (Fsp3) is 0.500. The first kappa shape index (κ1) is 13.9. The maximum absolute atomic E-state index is 12.3. The molecule has 0 bridgehead atoms. The number of aryl methyl sites for hydroxylation is 1. The Morgan fingerprint density at radius 2 is 2.05 bits per heavy atom. The second-order valence-corrected chi connectivity index (χ2v) is 5.82. The van der Waals surface area contributed by atoms with Crippen LogP contribution in [0, 0.1) is 0 Å². The molecule has 5 heteroatoms. The van der Waals surface area contributed by atoms with Gasteiger partial charge < -0.3 is 15.5 Å². The zero-order valence-electron chi connectivity index (χ0n) is 12.3. The van der Waals surface area contributed by atoms with Crippen LogP contribution in [0.3, 0.4) is 0 Å². The number of anilines is 2. The van der Waals surface area contributed by atoms with Crippen LogP contribution < -0.4 is 10.6 Å². The van der Waals surface area contributed by atoms with Crippen molar-refractivity contribution < 1.29 is 9.59 Å². The van der Waals surface area contributed by atoms with Crippen LogP contribution in [0.25, 0.3) is 0 Å². The second-order valence-electron chi connectivity index (χ2n) is 5.82. The molecule has 2 amide bonds. The van der Waals surface area contributed by atoms with E-state index in [0.717, 1.165) is 49.3 Å². The van der Waals surface area contributed by atoms with Gasteiger partial charge >= 0.3 is 0 Å². The summed E-state index contributed by atoms with van der Waals surface area (Å²) in [6.45, 7) is 3.66. The Morgan fingerprint density at radius 3 is 2.81 bits per heavy atom. The maximum atomic E-state index is 12.3. The Labute approximate surface area is 124 Å². The molecule has 0 saturated carbocycles. The van der Waals surface area contributed by atoms with Gasteiger partial charge in [-0.3, -0.25) is 9.59 Å². The van der Waals surface area contributed by atoms with Gasteiger partial charge in [-0.25, -0.2) is 0 Å². The van der Waals surface area contributed by atoms with Crippen molar-refractivity contribution in [3.63, 3.8) is 0 Å². The lowest BCUT2D eigenvalue weighted by atomic mass is 10.0. The summed E-state index contributed by atoms with van der Waals surface area (Å²) in [5.74, 6) is 0.235. The van der Waals surface area contributed by atoms with Crippen LogP contribution in [0.5, 0.6) is 0 Å². The summed E-state index contributed by atoms with van der Waals surface area (Å²) in [6, 6.07) is 5.63. The number of hydrogen-bond donors (Lipinski definition) is 2. The fourth-order valence-corrected chi connectivity index (χ4v) is 3.00. The largest absolute Gasteiger partial charge is 0.374 e. The van der Waals surface area contributed by atoms with Crippen LogP contribution in [0.1, 0.15) is 31.7 Å². The number of carbonyl (C=O) groups is 2. The Bertz CT molecular complexity index is 565. The molecule has 1 aromatic rings.